The van der Waals surface area contributed by atoms with Crippen molar-refractivity contribution < 1.29 is 206 Å². The Bertz CT molecular complexity index is 3270. The van der Waals surface area contributed by atoms with E-state index in [4.69, 9.17) is 70.6 Å². The molecule has 0 radical (unpaired) electrons. The van der Waals surface area contributed by atoms with Crippen molar-refractivity contribution >= 4 is 27.5 Å². The fourth-order valence-electron chi connectivity index (χ4n) is 14.2. The summed E-state index contributed by atoms with van der Waals surface area (Å²) in [5.41, 5.74) is 5.17. The van der Waals surface area contributed by atoms with Gasteiger partial charge >= 0.3 is 15.6 Å². The molecule has 0 aliphatic carbocycles. The summed E-state index contributed by atoms with van der Waals surface area (Å²) < 4.78 is 118. The van der Waals surface area contributed by atoms with Crippen molar-refractivity contribution in [3.63, 3.8) is 0 Å². The second-order valence-electron chi connectivity index (χ2n) is 30.5. The van der Waals surface area contributed by atoms with Crippen LogP contribution in [-0.4, -0.2) is 391 Å². The summed E-state index contributed by atoms with van der Waals surface area (Å²) >= 11 is 0. The van der Waals surface area contributed by atoms with Crippen molar-refractivity contribution in [1.82, 2.24) is 10.6 Å². The summed E-state index contributed by atoms with van der Waals surface area (Å²) in [5, 5.41) is 225. The lowest BCUT2D eigenvalue weighted by molar-refractivity contribution is -0.407. The molecule has 24 N–H and O–H groups in total. The van der Waals surface area contributed by atoms with Crippen LogP contribution in [0.1, 0.15) is 113 Å². The fraction of sp³-hybridized carbons (Fsp3) is 0.859. The van der Waals surface area contributed by atoms with Crippen LogP contribution in [0.25, 0.3) is 0 Å². The molecule has 3 unspecified atom stereocenters. The number of carbonyl (C=O) groups is 2. The lowest BCUT2D eigenvalue weighted by Crippen LogP contribution is -2.70. The first-order valence-electron chi connectivity index (χ1n) is 38.6. The van der Waals surface area contributed by atoms with Gasteiger partial charge in [-0.2, -0.15) is 4.31 Å². The Kier molecular flexibility index (Phi) is 40.3. The Balaban J connectivity index is 1.06. The van der Waals surface area contributed by atoms with Crippen molar-refractivity contribution in [3.8, 4) is 0 Å². The SMILES string of the molecule is CC(=O)N[C@H]1[C@H](O[C@H]2[C@H](O)[C@@H](NC(C)=O)[C@@H](OP(=O)(O)OP(=O)(O)OCCC(C)CC/C=C(/C)CC/C=C(\C)CC/C=C(\C)CCC=C(C)C)O[C@@H]2CO)O[C@H](CO)[C@@H](O[C@@H]2O[C@H](CO[C@H]3O[C@H](CO)[C@@H](O)[C@H](O)[C@@H]3O)[C@@H](O)[C@H](O[C@H]3O[C@H](CO)[C@@H](O)[C@H](O)[C@@H]3O[C@H]3O[C@H](CO)[C@@H](O)[C@H](O)[C@@H]3O[C@H]3O[C@H](CO)[C@@H](O)[C@H](O)[C@@H]3O)[C@@H]2O)[C@@H]1O. The van der Waals surface area contributed by atoms with Gasteiger partial charge in [-0.25, -0.2) is 9.13 Å². The molecular formula is C71H122N2O42P2. The van der Waals surface area contributed by atoms with E-state index in [2.05, 4.69) is 66.9 Å². The number of amides is 2. The lowest BCUT2D eigenvalue weighted by atomic mass is 9.94. The number of aliphatic hydroxyl groups excluding tert-OH is 20. The first-order valence-corrected chi connectivity index (χ1v) is 41.6. The quantitative estimate of drug-likeness (QED) is 0.0200. The molecule has 678 valence electrons. The molecule has 7 rings (SSSR count). The third kappa shape index (κ3) is 27.7. The largest absolute Gasteiger partial charge is 0.483 e. The van der Waals surface area contributed by atoms with E-state index < -0.39 is 295 Å². The van der Waals surface area contributed by atoms with E-state index in [0.29, 0.717) is 12.8 Å². The van der Waals surface area contributed by atoms with Gasteiger partial charge in [-0.15, -0.1) is 0 Å². The van der Waals surface area contributed by atoms with Crippen molar-refractivity contribution in [2.45, 2.75) is 328 Å². The van der Waals surface area contributed by atoms with Crippen molar-refractivity contribution in [3.05, 3.63) is 46.6 Å². The minimum absolute atomic E-state index is 0.0751. The van der Waals surface area contributed by atoms with Gasteiger partial charge in [-0.3, -0.25) is 18.6 Å². The smallest absolute Gasteiger partial charge is 0.394 e. The molecule has 7 fully saturated rings. The Morgan fingerprint density at radius 1 is 0.368 bits per heavy atom. The summed E-state index contributed by atoms with van der Waals surface area (Å²) in [7, 11) is -11.3. The molecule has 0 aromatic carbocycles. The first kappa shape index (κ1) is 101. The van der Waals surface area contributed by atoms with Gasteiger partial charge < -0.3 is 184 Å². The summed E-state index contributed by atoms with van der Waals surface area (Å²) in [4.78, 5) is 47.4. The summed E-state index contributed by atoms with van der Waals surface area (Å²) in [6.45, 7) is 6.08. The van der Waals surface area contributed by atoms with Crippen LogP contribution in [0.4, 0.5) is 0 Å². The number of ether oxygens (including phenoxy) is 13. The maximum Gasteiger partial charge on any atom is 0.483 e. The highest BCUT2D eigenvalue weighted by Gasteiger charge is 2.60. The highest BCUT2D eigenvalue weighted by molar-refractivity contribution is 7.61. The van der Waals surface area contributed by atoms with Crippen molar-refractivity contribution in [2.75, 3.05) is 52.9 Å². The molecule has 7 aliphatic rings. The number of allylic oxidation sites excluding steroid dienone is 8. The monoisotopic (exact) mass is 1740 g/mol. The molecule has 38 atom stereocenters. The van der Waals surface area contributed by atoms with Crippen molar-refractivity contribution in [2.24, 2.45) is 5.92 Å². The van der Waals surface area contributed by atoms with E-state index in [0.717, 1.165) is 52.4 Å². The Labute approximate surface area is 674 Å². The maximum atomic E-state index is 13.6. The molecule has 46 heteroatoms. The number of nitrogens with one attached hydrogen (secondary N) is 2. The predicted octanol–water partition coefficient (Wildman–Crippen LogP) is -6.78. The van der Waals surface area contributed by atoms with Crippen LogP contribution in [0.15, 0.2) is 46.6 Å². The molecule has 0 spiro atoms. The van der Waals surface area contributed by atoms with Gasteiger partial charge in [0.15, 0.2) is 44.0 Å². The molecule has 44 nitrogen and oxygen atoms in total. The second-order valence-corrected chi connectivity index (χ2v) is 33.5. The van der Waals surface area contributed by atoms with E-state index in [9.17, 15) is 131 Å². The molecule has 0 aromatic heterocycles. The third-order valence-corrected chi connectivity index (χ3v) is 23.6. The second kappa shape index (κ2) is 46.7. The molecule has 7 heterocycles. The number of carbonyl (C=O) groups excluding carboxylic acids is 2. The van der Waals surface area contributed by atoms with Crippen molar-refractivity contribution in [1.29, 1.82) is 0 Å². The highest BCUT2D eigenvalue weighted by Crippen LogP contribution is 2.61. The van der Waals surface area contributed by atoms with Crippen LogP contribution in [0.5, 0.6) is 0 Å². The standard InChI is InChI=1S/C71H122N2O42P2/c1-30(2)13-9-14-31(3)15-10-16-32(4)17-11-18-33(5)19-12-20-34(6)21-22-101-116(96,97)115-117(98,99)114-66-45(73-36(8)81)52(88)60(42(28-79)107-66)109-65-44(72-35(7)80)51(87)61(41(27-78)106-65)110-69-59(95)62(50(86)43(108-69)29-100-67-57(93)53(89)46(82)37(23-74)102-67)111-70-64(56(92)49(85)39(25-76)104-70)113-71-63(55(91)48(84)40(26-77)105-71)112-68-58(94)54(90)47(83)38(24-75)103-68/h13,15,17,19,34,37-71,74-79,82-95H,9-12,14,16,18,20-29H2,1-8H3,(H,72,80)(H,73,81)(H,96,97)(H,98,99)/b31-15+,32-17+,33-19-/t34?,37-,38-,39-,40-,41-,42-,43-,44-,45-,46-,47-,48-,49-,50-,51-,52-,53+,54+,55+,56+,57+,58+,59+,60-,61-,62+,63+,64+,65+,66-,67+,68-,69+,70-,71-/m1/s1. The van der Waals surface area contributed by atoms with E-state index in [1.807, 2.05) is 13.8 Å². The van der Waals surface area contributed by atoms with E-state index >= 15 is 0 Å². The number of aliphatic hydroxyl groups is 20. The van der Waals surface area contributed by atoms with Crippen LogP contribution in [0, 0.1) is 5.92 Å². The number of hydrogen-bond donors (Lipinski definition) is 24. The maximum absolute atomic E-state index is 13.6. The minimum atomic E-state index is -5.87. The first-order chi connectivity index (χ1) is 55.1. The molecule has 0 bridgehead atoms. The van der Waals surface area contributed by atoms with Gasteiger partial charge in [0.25, 0.3) is 0 Å². The zero-order chi connectivity index (χ0) is 86.8. The van der Waals surface area contributed by atoms with Crippen LogP contribution in [-0.2, 0) is 93.7 Å². The summed E-state index contributed by atoms with van der Waals surface area (Å²) in [5.74, 6) is -2.03. The molecule has 2 amide bonds. The lowest BCUT2D eigenvalue weighted by Gasteiger charge is -2.51. The molecule has 0 saturated carbocycles. The van der Waals surface area contributed by atoms with E-state index in [-0.39, 0.29) is 12.3 Å². The van der Waals surface area contributed by atoms with Crippen LogP contribution < -0.4 is 10.6 Å². The Morgan fingerprint density at radius 3 is 1.19 bits per heavy atom. The van der Waals surface area contributed by atoms with Gasteiger partial charge in [-0.05, 0) is 98.3 Å². The van der Waals surface area contributed by atoms with Crippen LogP contribution >= 0.6 is 15.6 Å². The average molecular weight is 1740 g/mol. The van der Waals surface area contributed by atoms with Gasteiger partial charge in [0, 0.05) is 13.8 Å². The number of phosphoric ester groups is 2. The zero-order valence-electron chi connectivity index (χ0n) is 66.0. The summed E-state index contributed by atoms with van der Waals surface area (Å²) in [6.07, 6.45) is -54.0. The molecular weight excluding hydrogens is 1610 g/mol. The van der Waals surface area contributed by atoms with Crippen LogP contribution in [0.2, 0.25) is 0 Å². The molecule has 7 aliphatic heterocycles. The topological polar surface area (TPSA) is 685 Å². The average Bonchev–Trinajstić information content (AvgIpc) is 0.761. The van der Waals surface area contributed by atoms with Gasteiger partial charge in [0.05, 0.1) is 52.9 Å². The van der Waals surface area contributed by atoms with Gasteiger partial charge in [-0.1, -0.05) is 53.5 Å². The Hall–Kier alpha value is -3.16. The highest BCUT2D eigenvalue weighted by atomic mass is 31.3. The Morgan fingerprint density at radius 2 is 0.726 bits per heavy atom. The predicted molar refractivity (Wildman–Crippen MR) is 392 cm³/mol. The van der Waals surface area contributed by atoms with E-state index in [1.54, 1.807) is 0 Å². The minimum Gasteiger partial charge on any atom is -0.394 e. The van der Waals surface area contributed by atoms with Crippen LogP contribution in [0.3, 0.4) is 0 Å². The molecule has 117 heavy (non-hydrogen) atoms. The van der Waals surface area contributed by atoms with Gasteiger partial charge in [0.2, 0.25) is 11.8 Å². The zero-order valence-corrected chi connectivity index (χ0v) is 67.8. The fourth-order valence-corrected chi connectivity index (χ4v) is 16.3. The third-order valence-electron chi connectivity index (χ3n) is 20.9. The number of rotatable bonds is 41. The normalized spacial score (nSPS) is 41.4. The molecule has 7 saturated heterocycles. The van der Waals surface area contributed by atoms with E-state index in [1.165, 1.54) is 22.3 Å². The molecule has 0 aromatic rings. The van der Waals surface area contributed by atoms with Gasteiger partial charge in [0.1, 0.15) is 171 Å². The summed E-state index contributed by atoms with van der Waals surface area (Å²) in [6, 6.07) is -4.04. The number of hydrogen-bond acceptors (Lipinski definition) is 40. The number of phosphoric acid groups is 2.